The van der Waals surface area contributed by atoms with Gasteiger partial charge in [0, 0.05) is 6.07 Å². The van der Waals surface area contributed by atoms with Gasteiger partial charge in [-0.15, -0.1) is 0 Å². The third-order valence-corrected chi connectivity index (χ3v) is 3.75. The highest BCUT2D eigenvalue weighted by atomic mass is 35.5. The lowest BCUT2D eigenvalue weighted by Gasteiger charge is -2.36. The Labute approximate surface area is 113 Å². The van der Waals surface area contributed by atoms with E-state index in [4.69, 9.17) is 20.8 Å². The van der Waals surface area contributed by atoms with Crippen molar-refractivity contribution in [2.45, 2.75) is 25.6 Å². The summed E-state index contributed by atoms with van der Waals surface area (Å²) in [4.78, 5) is 23.7. The van der Waals surface area contributed by atoms with Crippen LogP contribution in [0.3, 0.4) is 0 Å². The van der Waals surface area contributed by atoms with E-state index in [2.05, 4.69) is 0 Å². The van der Waals surface area contributed by atoms with Crippen LogP contribution in [-0.4, -0.2) is 23.1 Å². The first kappa shape index (κ1) is 12.4. The van der Waals surface area contributed by atoms with E-state index in [1.165, 1.54) is 6.08 Å². The second kappa shape index (κ2) is 4.21. The fourth-order valence-corrected chi connectivity index (χ4v) is 2.79. The quantitative estimate of drug-likeness (QED) is 0.766. The molecule has 2 heterocycles. The van der Waals surface area contributed by atoms with E-state index in [-0.39, 0.29) is 17.2 Å². The number of aliphatic hydroxyl groups excluding tert-OH is 1. The number of carbonyl (C=O) groups excluding carboxylic acids is 1. The molecule has 0 fully saturated rings. The van der Waals surface area contributed by atoms with Gasteiger partial charge in [-0.2, -0.15) is 0 Å². The van der Waals surface area contributed by atoms with E-state index >= 15 is 0 Å². The monoisotopic (exact) mass is 282 g/mol. The molecule has 0 saturated carbocycles. The average Bonchev–Trinajstić information content (AvgIpc) is 2.34. The summed E-state index contributed by atoms with van der Waals surface area (Å²) in [5.74, 6) is -0.172. The Hall–Kier alpha value is -1.59. The Kier molecular flexibility index (Phi) is 2.76. The molecule has 2 aliphatic rings. The summed E-state index contributed by atoms with van der Waals surface area (Å²) in [6.07, 6.45) is -0.226. The van der Waals surface area contributed by atoms with Crippen LogP contribution in [0.1, 0.15) is 11.3 Å². The molecule has 1 N–H and O–H groups in total. The van der Waals surface area contributed by atoms with Gasteiger partial charge in [0.05, 0.1) is 16.5 Å². The van der Waals surface area contributed by atoms with E-state index in [1.807, 2.05) is 0 Å². The fraction of sp³-hybridized carbons (Fsp3) is 0.385. The number of hydrogen-bond donors (Lipinski definition) is 1. The van der Waals surface area contributed by atoms with Crippen molar-refractivity contribution in [2.75, 3.05) is 0 Å². The number of rotatable bonds is 0. The van der Waals surface area contributed by atoms with Gasteiger partial charge in [0.25, 0.3) is 0 Å². The molecule has 0 saturated heterocycles. The van der Waals surface area contributed by atoms with Crippen LogP contribution in [0.5, 0.6) is 5.75 Å². The lowest BCUT2D eigenvalue weighted by Crippen LogP contribution is -2.49. The summed E-state index contributed by atoms with van der Waals surface area (Å²) in [7, 11) is 0. The van der Waals surface area contributed by atoms with Gasteiger partial charge in [-0.1, -0.05) is 11.6 Å². The molecule has 5 nitrogen and oxygen atoms in total. The molecule has 6 heteroatoms. The number of Topliss-reactive ketones (excluding diaryl/α,β-unsaturated/α-hetero) is 1. The molecule has 3 atom stereocenters. The minimum atomic E-state index is -0.962. The number of aryl methyl sites for hydroxylation is 1. The minimum Gasteiger partial charge on any atom is -0.486 e. The number of hydrogen-bond acceptors (Lipinski definition) is 5. The molecule has 19 heavy (non-hydrogen) atoms. The van der Waals surface area contributed by atoms with Gasteiger partial charge in [-0.25, -0.2) is 4.79 Å². The van der Waals surface area contributed by atoms with Crippen molar-refractivity contribution in [3.63, 3.8) is 0 Å². The number of halogens is 1. The van der Waals surface area contributed by atoms with Gasteiger partial charge in [0.1, 0.15) is 23.7 Å². The van der Waals surface area contributed by atoms with Gasteiger partial charge in [-0.05, 0) is 19.4 Å². The van der Waals surface area contributed by atoms with E-state index < -0.39 is 23.8 Å². The summed E-state index contributed by atoms with van der Waals surface area (Å²) in [6.45, 7) is 1.64. The van der Waals surface area contributed by atoms with Crippen LogP contribution in [0, 0.1) is 12.8 Å². The molecule has 0 aromatic carbocycles. The maximum absolute atomic E-state index is 12.0. The summed E-state index contributed by atoms with van der Waals surface area (Å²) in [5.41, 5.74) is -0.194. The smallest absolute Gasteiger partial charge is 0.342 e. The zero-order valence-corrected chi connectivity index (χ0v) is 10.8. The molecular weight excluding hydrogens is 272 g/mol. The number of ether oxygens (including phenoxy) is 1. The number of aliphatic hydroxyl groups is 1. The molecule has 100 valence electrons. The molecule has 0 radical (unpaired) electrons. The van der Waals surface area contributed by atoms with Crippen molar-refractivity contribution in [1.29, 1.82) is 0 Å². The van der Waals surface area contributed by atoms with Crippen molar-refractivity contribution in [2.24, 2.45) is 5.92 Å². The van der Waals surface area contributed by atoms with E-state index in [1.54, 1.807) is 13.0 Å². The fourth-order valence-electron chi connectivity index (χ4n) is 2.52. The van der Waals surface area contributed by atoms with Crippen LogP contribution >= 0.6 is 11.6 Å². The van der Waals surface area contributed by atoms with Crippen molar-refractivity contribution in [3.05, 3.63) is 38.9 Å². The molecule has 1 aromatic heterocycles. The molecule has 0 unspecified atom stereocenters. The Bertz CT molecular complexity index is 645. The van der Waals surface area contributed by atoms with Crippen molar-refractivity contribution in [3.8, 4) is 5.75 Å². The molecule has 3 rings (SSSR count). The molecular formula is C13H11ClO5. The Morgan fingerprint density at radius 1 is 1.42 bits per heavy atom. The van der Waals surface area contributed by atoms with Crippen LogP contribution in [-0.2, 0) is 11.2 Å². The minimum absolute atomic E-state index is 0.0164. The Morgan fingerprint density at radius 2 is 2.16 bits per heavy atom. The maximum atomic E-state index is 12.0. The van der Waals surface area contributed by atoms with E-state index in [0.717, 1.165) is 0 Å². The summed E-state index contributed by atoms with van der Waals surface area (Å²) < 4.78 is 10.6. The number of allylic oxidation sites excluding steroid dienone is 1. The lowest BCUT2D eigenvalue weighted by atomic mass is 9.81. The van der Waals surface area contributed by atoms with Crippen molar-refractivity contribution in [1.82, 2.24) is 0 Å². The highest BCUT2D eigenvalue weighted by Crippen LogP contribution is 2.36. The molecule has 1 aliphatic carbocycles. The Morgan fingerprint density at radius 3 is 2.89 bits per heavy atom. The zero-order chi connectivity index (χ0) is 13.7. The summed E-state index contributed by atoms with van der Waals surface area (Å²) in [6, 6.07) is 1.59. The molecule has 1 aromatic rings. The Balaban J connectivity index is 2.08. The van der Waals surface area contributed by atoms with E-state index in [0.29, 0.717) is 17.1 Å². The first-order chi connectivity index (χ1) is 8.97. The summed E-state index contributed by atoms with van der Waals surface area (Å²) in [5, 5.41) is 9.90. The SMILES string of the molecule is Cc1cc2c(c(=O)o1)C[C@@H]1C(=O)C(Cl)=C[C@H](O)[C@H]1O2. The first-order valence-electron chi connectivity index (χ1n) is 5.87. The van der Waals surface area contributed by atoms with Crippen LogP contribution in [0.2, 0.25) is 0 Å². The highest BCUT2D eigenvalue weighted by molar-refractivity contribution is 6.43. The predicted octanol–water partition coefficient (Wildman–Crippen LogP) is 0.934. The molecule has 1 aliphatic heterocycles. The van der Waals surface area contributed by atoms with Crippen LogP contribution in [0.4, 0.5) is 0 Å². The van der Waals surface area contributed by atoms with Crippen molar-refractivity contribution >= 4 is 17.4 Å². The standard InChI is InChI=1S/C13H11ClO5/c1-5-2-10-6(13(17)18-5)3-7-11(16)8(14)4-9(15)12(7)19-10/h2,4,7,9,12,15H,3H2,1H3/t7-,9+,12+/m1/s1. The van der Waals surface area contributed by atoms with Gasteiger partial charge < -0.3 is 14.3 Å². The summed E-state index contributed by atoms with van der Waals surface area (Å²) >= 11 is 5.77. The van der Waals surface area contributed by atoms with Crippen LogP contribution in [0.15, 0.2) is 26.4 Å². The number of carbonyl (C=O) groups is 1. The van der Waals surface area contributed by atoms with Gasteiger partial charge in [-0.3, -0.25) is 4.79 Å². The molecule has 0 spiro atoms. The average molecular weight is 283 g/mol. The lowest BCUT2D eigenvalue weighted by molar-refractivity contribution is -0.125. The predicted molar refractivity (Wildman–Crippen MR) is 66.3 cm³/mol. The number of ketones is 1. The molecule has 0 bridgehead atoms. The highest BCUT2D eigenvalue weighted by Gasteiger charge is 2.44. The first-order valence-corrected chi connectivity index (χ1v) is 6.25. The second-order valence-corrected chi connectivity index (χ2v) is 5.16. The topological polar surface area (TPSA) is 76.7 Å². The van der Waals surface area contributed by atoms with Gasteiger partial charge in [0.15, 0.2) is 5.78 Å². The zero-order valence-electron chi connectivity index (χ0n) is 10.1. The molecule has 0 amide bonds. The largest absolute Gasteiger partial charge is 0.486 e. The van der Waals surface area contributed by atoms with Crippen LogP contribution in [0.25, 0.3) is 0 Å². The van der Waals surface area contributed by atoms with Crippen LogP contribution < -0.4 is 10.4 Å². The normalized spacial score (nSPS) is 29.1. The van der Waals surface area contributed by atoms with E-state index in [9.17, 15) is 14.7 Å². The second-order valence-electron chi connectivity index (χ2n) is 4.75. The van der Waals surface area contributed by atoms with Crippen molar-refractivity contribution < 1.29 is 19.1 Å². The van der Waals surface area contributed by atoms with Gasteiger partial charge >= 0.3 is 5.63 Å². The third-order valence-electron chi connectivity index (χ3n) is 3.44. The maximum Gasteiger partial charge on any atom is 0.342 e. The van der Waals surface area contributed by atoms with Gasteiger partial charge in [0.2, 0.25) is 0 Å². The number of fused-ring (bicyclic) bond motifs is 2. The third kappa shape index (κ3) is 1.89.